The maximum atomic E-state index is 12.6. The summed E-state index contributed by atoms with van der Waals surface area (Å²) in [6.45, 7) is 5.06. The summed E-state index contributed by atoms with van der Waals surface area (Å²) in [6, 6.07) is 6.53. The number of aryl methyl sites for hydroxylation is 2. The summed E-state index contributed by atoms with van der Waals surface area (Å²) in [4.78, 5) is 16.6. The minimum Gasteiger partial charge on any atom is -0.444 e. The van der Waals surface area contributed by atoms with Crippen LogP contribution in [-0.4, -0.2) is 36.7 Å². The molecule has 3 rings (SSSR count). The SMILES string of the molecule is Cc1nc(CNC(=O)Cc2ccc(S(=O)(=O)N3CCCCC3)cc2)oc1C. The van der Waals surface area contributed by atoms with Crippen molar-refractivity contribution in [3.8, 4) is 0 Å². The molecule has 146 valence electrons. The van der Waals surface area contributed by atoms with Crippen LogP contribution in [0.2, 0.25) is 0 Å². The van der Waals surface area contributed by atoms with Crippen molar-refractivity contribution in [2.45, 2.75) is 51.0 Å². The van der Waals surface area contributed by atoms with Crippen LogP contribution in [0.3, 0.4) is 0 Å². The molecule has 0 bridgehead atoms. The van der Waals surface area contributed by atoms with Gasteiger partial charge in [0.25, 0.3) is 0 Å². The molecule has 0 spiro atoms. The lowest BCUT2D eigenvalue weighted by molar-refractivity contribution is -0.120. The van der Waals surface area contributed by atoms with E-state index in [0.717, 1.165) is 36.3 Å². The minimum absolute atomic E-state index is 0.169. The van der Waals surface area contributed by atoms with Crippen molar-refractivity contribution in [2.75, 3.05) is 13.1 Å². The topological polar surface area (TPSA) is 92.5 Å². The maximum Gasteiger partial charge on any atom is 0.243 e. The summed E-state index contributed by atoms with van der Waals surface area (Å²) in [7, 11) is -3.44. The largest absolute Gasteiger partial charge is 0.444 e. The molecule has 1 saturated heterocycles. The molecule has 1 aliphatic rings. The highest BCUT2D eigenvalue weighted by molar-refractivity contribution is 7.89. The zero-order valence-electron chi connectivity index (χ0n) is 15.7. The lowest BCUT2D eigenvalue weighted by atomic mass is 10.1. The van der Waals surface area contributed by atoms with Crippen LogP contribution >= 0.6 is 0 Å². The number of carbonyl (C=O) groups excluding carboxylic acids is 1. The second kappa shape index (κ2) is 8.22. The second-order valence-electron chi connectivity index (χ2n) is 6.81. The average Bonchev–Trinajstić information content (AvgIpc) is 2.99. The van der Waals surface area contributed by atoms with E-state index < -0.39 is 10.0 Å². The Morgan fingerprint density at radius 3 is 2.41 bits per heavy atom. The molecule has 0 unspecified atom stereocenters. The average molecular weight is 391 g/mol. The van der Waals surface area contributed by atoms with E-state index in [2.05, 4.69) is 10.3 Å². The number of sulfonamides is 1. The van der Waals surface area contributed by atoms with Crippen LogP contribution in [0.4, 0.5) is 0 Å². The molecule has 0 saturated carbocycles. The normalized spacial score (nSPS) is 15.6. The molecule has 0 radical (unpaired) electrons. The summed E-state index contributed by atoms with van der Waals surface area (Å²) in [6.07, 6.45) is 3.05. The monoisotopic (exact) mass is 391 g/mol. The highest BCUT2D eigenvalue weighted by atomic mass is 32.2. The molecule has 2 aromatic rings. The molecule has 1 fully saturated rings. The number of hydrogen-bond donors (Lipinski definition) is 1. The molecule has 1 N–H and O–H groups in total. The number of aromatic nitrogens is 1. The number of rotatable bonds is 6. The molecule has 1 amide bonds. The predicted molar refractivity (Wildman–Crippen MR) is 101 cm³/mol. The third-order valence-electron chi connectivity index (χ3n) is 4.75. The van der Waals surface area contributed by atoms with Gasteiger partial charge in [0.15, 0.2) is 0 Å². The van der Waals surface area contributed by atoms with Gasteiger partial charge < -0.3 is 9.73 Å². The molecule has 0 atom stereocenters. The lowest BCUT2D eigenvalue weighted by Crippen LogP contribution is -2.35. The summed E-state index contributed by atoms with van der Waals surface area (Å²) in [5.74, 6) is 1.04. The van der Waals surface area contributed by atoms with Gasteiger partial charge in [-0.25, -0.2) is 13.4 Å². The summed E-state index contributed by atoms with van der Waals surface area (Å²) in [5.41, 5.74) is 1.56. The van der Waals surface area contributed by atoms with Crippen molar-refractivity contribution in [2.24, 2.45) is 0 Å². The Morgan fingerprint density at radius 1 is 1.15 bits per heavy atom. The van der Waals surface area contributed by atoms with Crippen LogP contribution < -0.4 is 5.32 Å². The van der Waals surface area contributed by atoms with Crippen molar-refractivity contribution in [3.05, 3.63) is 47.2 Å². The quantitative estimate of drug-likeness (QED) is 0.816. The lowest BCUT2D eigenvalue weighted by Gasteiger charge is -2.25. The third-order valence-corrected chi connectivity index (χ3v) is 6.66. The molecular formula is C19H25N3O4S. The third kappa shape index (κ3) is 4.75. The van der Waals surface area contributed by atoms with Gasteiger partial charge in [0.1, 0.15) is 5.76 Å². The number of carbonyl (C=O) groups is 1. The fourth-order valence-corrected chi connectivity index (χ4v) is 4.59. The van der Waals surface area contributed by atoms with E-state index in [9.17, 15) is 13.2 Å². The van der Waals surface area contributed by atoms with E-state index >= 15 is 0 Å². The minimum atomic E-state index is -3.44. The van der Waals surface area contributed by atoms with Crippen molar-refractivity contribution in [1.29, 1.82) is 0 Å². The number of benzene rings is 1. The van der Waals surface area contributed by atoms with Crippen LogP contribution in [0.15, 0.2) is 33.6 Å². The number of piperidine rings is 1. The molecule has 8 heteroatoms. The van der Waals surface area contributed by atoms with Crippen molar-refractivity contribution in [3.63, 3.8) is 0 Å². The summed E-state index contributed by atoms with van der Waals surface area (Å²) >= 11 is 0. The summed E-state index contributed by atoms with van der Waals surface area (Å²) in [5, 5.41) is 2.76. The molecule has 2 heterocycles. The smallest absolute Gasteiger partial charge is 0.243 e. The second-order valence-corrected chi connectivity index (χ2v) is 8.75. The first kappa shape index (κ1) is 19.6. The number of amides is 1. The van der Waals surface area contributed by atoms with Gasteiger partial charge in [0.2, 0.25) is 21.8 Å². The van der Waals surface area contributed by atoms with Crippen molar-refractivity contribution >= 4 is 15.9 Å². The fourth-order valence-electron chi connectivity index (χ4n) is 3.07. The van der Waals surface area contributed by atoms with Gasteiger partial charge in [-0.05, 0) is 44.4 Å². The zero-order valence-corrected chi connectivity index (χ0v) is 16.5. The van der Waals surface area contributed by atoms with Gasteiger partial charge in [-0.2, -0.15) is 4.31 Å². The van der Waals surface area contributed by atoms with Crippen molar-refractivity contribution in [1.82, 2.24) is 14.6 Å². The Morgan fingerprint density at radius 2 is 1.81 bits per heavy atom. The van der Waals surface area contributed by atoms with Crippen LogP contribution in [0, 0.1) is 13.8 Å². The van der Waals surface area contributed by atoms with Gasteiger partial charge >= 0.3 is 0 Å². The van der Waals surface area contributed by atoms with E-state index in [4.69, 9.17) is 4.42 Å². The maximum absolute atomic E-state index is 12.6. The molecular weight excluding hydrogens is 366 g/mol. The van der Waals surface area contributed by atoms with E-state index in [0.29, 0.717) is 19.0 Å². The number of nitrogens with one attached hydrogen (secondary N) is 1. The molecule has 1 aliphatic heterocycles. The highest BCUT2D eigenvalue weighted by Crippen LogP contribution is 2.21. The van der Waals surface area contributed by atoms with Gasteiger partial charge in [-0.15, -0.1) is 0 Å². The summed E-state index contributed by atoms with van der Waals surface area (Å²) < 4.78 is 32.2. The van der Waals surface area contributed by atoms with Gasteiger partial charge in [-0.3, -0.25) is 4.79 Å². The number of hydrogen-bond acceptors (Lipinski definition) is 5. The molecule has 1 aromatic carbocycles. The fraction of sp³-hybridized carbons (Fsp3) is 0.474. The van der Waals surface area contributed by atoms with Crippen LogP contribution in [0.5, 0.6) is 0 Å². The zero-order chi connectivity index (χ0) is 19.4. The molecule has 27 heavy (non-hydrogen) atoms. The van der Waals surface area contributed by atoms with Crippen LogP contribution in [0.25, 0.3) is 0 Å². The molecule has 1 aromatic heterocycles. The van der Waals surface area contributed by atoms with Gasteiger partial charge in [0.05, 0.1) is 23.6 Å². The van der Waals surface area contributed by atoms with Crippen LogP contribution in [-0.2, 0) is 27.8 Å². The van der Waals surface area contributed by atoms with E-state index in [1.54, 1.807) is 28.6 Å². The van der Waals surface area contributed by atoms with E-state index in [1.807, 2.05) is 13.8 Å². The van der Waals surface area contributed by atoms with Gasteiger partial charge in [-0.1, -0.05) is 18.6 Å². The highest BCUT2D eigenvalue weighted by Gasteiger charge is 2.25. The molecule has 7 nitrogen and oxygen atoms in total. The van der Waals surface area contributed by atoms with Crippen molar-refractivity contribution < 1.29 is 17.6 Å². The van der Waals surface area contributed by atoms with Gasteiger partial charge in [0, 0.05) is 13.1 Å². The predicted octanol–water partition coefficient (Wildman–Crippen LogP) is 2.32. The number of oxazole rings is 1. The standard InChI is InChI=1S/C19H25N3O4S/c1-14-15(2)26-19(21-14)13-20-18(23)12-16-6-8-17(9-7-16)27(24,25)22-10-4-3-5-11-22/h6-9H,3-5,10-13H2,1-2H3,(H,20,23). The number of nitrogens with zero attached hydrogens (tertiary/aromatic N) is 2. The Bertz CT molecular complexity index is 878. The van der Waals surface area contributed by atoms with Crippen LogP contribution in [0.1, 0.15) is 42.2 Å². The first-order valence-electron chi connectivity index (χ1n) is 9.15. The first-order chi connectivity index (χ1) is 12.9. The van der Waals surface area contributed by atoms with E-state index in [1.165, 1.54) is 0 Å². The Balaban J connectivity index is 1.57. The Kier molecular flexibility index (Phi) is 5.96. The first-order valence-corrected chi connectivity index (χ1v) is 10.6. The van der Waals surface area contributed by atoms with E-state index in [-0.39, 0.29) is 23.8 Å². The molecule has 0 aliphatic carbocycles. The Labute approximate surface area is 159 Å². The Hall–Kier alpha value is -2.19.